The van der Waals surface area contributed by atoms with Gasteiger partial charge in [-0.05, 0) is 44.3 Å². The van der Waals surface area contributed by atoms with Crippen LogP contribution in [0.2, 0.25) is 0 Å². The maximum atomic E-state index is 13.9. The van der Waals surface area contributed by atoms with Crippen LogP contribution in [0.25, 0.3) is 0 Å². The molecule has 3 heterocycles. The molecule has 202 valence electrons. The van der Waals surface area contributed by atoms with E-state index in [9.17, 15) is 18.4 Å². The van der Waals surface area contributed by atoms with Crippen molar-refractivity contribution in [3.05, 3.63) is 70.6 Å². The first-order chi connectivity index (χ1) is 18.3. The van der Waals surface area contributed by atoms with Crippen LogP contribution in [-0.2, 0) is 9.53 Å². The molecule has 2 saturated heterocycles. The minimum Gasteiger partial charge on any atom is -0.441 e. The number of hydrogen-bond acceptors (Lipinski definition) is 7. The van der Waals surface area contributed by atoms with E-state index in [1.165, 1.54) is 12.1 Å². The monoisotopic (exact) mass is 526 g/mol. The smallest absolute Gasteiger partial charge is 0.253 e. The second kappa shape index (κ2) is 11.1. The molecule has 38 heavy (non-hydrogen) atoms. The molecule has 1 amide bonds. The SMILES string of the molecule is CC(Nc1cc(F)cc(F)c1)c1cc(C(=O)N2CCN(C)CC2)cc2c1OC(N1CCOCC1)=CC2C=O. The lowest BCUT2D eigenvalue weighted by Gasteiger charge is -2.36. The van der Waals surface area contributed by atoms with Gasteiger partial charge in [0.1, 0.15) is 23.7 Å². The summed E-state index contributed by atoms with van der Waals surface area (Å²) in [7, 11) is 2.02. The van der Waals surface area contributed by atoms with Crippen LogP contribution in [0.15, 0.2) is 42.3 Å². The standard InChI is InChI=1S/C28H32F2N4O4/c1-18(31-23-15-21(29)14-22(30)16-23)24-11-19(28(36)34-5-3-32(2)4-6-34)12-25-20(17-35)13-26(38-27(24)25)33-7-9-37-10-8-33/h11-18,20,31H,3-10H2,1-2H3. The normalized spacial score (nSPS) is 20.7. The summed E-state index contributed by atoms with van der Waals surface area (Å²) in [5.74, 6) is -1.11. The summed E-state index contributed by atoms with van der Waals surface area (Å²) in [5, 5.41) is 3.14. The van der Waals surface area contributed by atoms with Gasteiger partial charge in [-0.25, -0.2) is 8.78 Å². The van der Waals surface area contributed by atoms with Crippen molar-refractivity contribution in [3.63, 3.8) is 0 Å². The second-order valence-corrected chi connectivity index (χ2v) is 9.97. The lowest BCUT2D eigenvalue weighted by atomic mass is 9.90. The summed E-state index contributed by atoms with van der Waals surface area (Å²) in [6, 6.07) is 6.22. The molecule has 2 aromatic carbocycles. The molecule has 2 atom stereocenters. The van der Waals surface area contributed by atoms with Gasteiger partial charge in [0.05, 0.1) is 25.2 Å². The van der Waals surface area contributed by atoms with Gasteiger partial charge in [0.15, 0.2) is 5.88 Å². The Kier molecular flexibility index (Phi) is 7.62. The number of fused-ring (bicyclic) bond motifs is 1. The first-order valence-corrected chi connectivity index (χ1v) is 12.9. The molecule has 0 radical (unpaired) electrons. The van der Waals surface area contributed by atoms with Crippen LogP contribution in [0.3, 0.4) is 0 Å². The summed E-state index contributed by atoms with van der Waals surface area (Å²) in [6.45, 7) is 6.93. The first-order valence-electron chi connectivity index (χ1n) is 12.9. The van der Waals surface area contributed by atoms with Gasteiger partial charge in [-0.3, -0.25) is 4.79 Å². The summed E-state index contributed by atoms with van der Waals surface area (Å²) >= 11 is 0. The van der Waals surface area contributed by atoms with E-state index >= 15 is 0 Å². The van der Waals surface area contributed by atoms with E-state index in [2.05, 4.69) is 10.2 Å². The Labute approximate surface area is 220 Å². The van der Waals surface area contributed by atoms with Gasteiger partial charge < -0.3 is 34.3 Å². The first kappa shape index (κ1) is 26.1. The third kappa shape index (κ3) is 5.51. The topological polar surface area (TPSA) is 74.3 Å². The Morgan fingerprint density at radius 3 is 2.37 bits per heavy atom. The van der Waals surface area contributed by atoms with E-state index < -0.39 is 23.6 Å². The molecule has 8 nitrogen and oxygen atoms in total. The number of ether oxygens (including phenoxy) is 2. The molecule has 0 bridgehead atoms. The van der Waals surface area contributed by atoms with E-state index in [-0.39, 0.29) is 11.6 Å². The summed E-state index contributed by atoms with van der Waals surface area (Å²) in [6.07, 6.45) is 2.62. The Morgan fingerprint density at radius 1 is 1.03 bits per heavy atom. The number of halogens is 2. The zero-order valence-electron chi connectivity index (χ0n) is 21.6. The van der Waals surface area contributed by atoms with Crippen molar-refractivity contribution >= 4 is 17.9 Å². The molecule has 3 aliphatic rings. The van der Waals surface area contributed by atoms with Crippen molar-refractivity contribution in [1.29, 1.82) is 0 Å². The van der Waals surface area contributed by atoms with Crippen molar-refractivity contribution in [1.82, 2.24) is 14.7 Å². The molecule has 0 spiro atoms. The number of aldehydes is 1. The van der Waals surface area contributed by atoms with Crippen molar-refractivity contribution in [2.24, 2.45) is 0 Å². The molecular weight excluding hydrogens is 494 g/mol. The zero-order valence-corrected chi connectivity index (χ0v) is 21.6. The molecule has 3 aliphatic heterocycles. The van der Waals surface area contributed by atoms with Gasteiger partial charge in [0, 0.05) is 67.7 Å². The third-order valence-electron chi connectivity index (χ3n) is 7.25. The molecule has 0 aliphatic carbocycles. The van der Waals surface area contributed by atoms with Gasteiger partial charge >= 0.3 is 0 Å². The molecule has 2 aromatic rings. The van der Waals surface area contributed by atoms with Crippen LogP contribution in [-0.4, -0.2) is 86.4 Å². The average Bonchev–Trinajstić information content (AvgIpc) is 2.91. The molecule has 0 saturated carbocycles. The Balaban J connectivity index is 1.54. The van der Waals surface area contributed by atoms with Crippen molar-refractivity contribution < 1.29 is 27.8 Å². The van der Waals surface area contributed by atoms with E-state index in [1.807, 2.05) is 18.9 Å². The quantitative estimate of drug-likeness (QED) is 0.579. The fourth-order valence-corrected chi connectivity index (χ4v) is 5.09. The maximum Gasteiger partial charge on any atom is 0.253 e. The van der Waals surface area contributed by atoms with Crippen LogP contribution in [0, 0.1) is 11.6 Å². The number of benzene rings is 2. The maximum absolute atomic E-state index is 13.9. The molecule has 0 aromatic heterocycles. The second-order valence-electron chi connectivity index (χ2n) is 9.97. The molecule has 1 N–H and O–H groups in total. The van der Waals surface area contributed by atoms with E-state index in [1.54, 1.807) is 23.1 Å². The van der Waals surface area contributed by atoms with Crippen molar-refractivity contribution in [3.8, 4) is 5.75 Å². The fourth-order valence-electron chi connectivity index (χ4n) is 5.09. The van der Waals surface area contributed by atoms with Gasteiger partial charge in [-0.1, -0.05) is 0 Å². The number of likely N-dealkylation sites (N-methyl/N-ethyl adjacent to an activating group) is 1. The highest BCUT2D eigenvalue weighted by Crippen LogP contribution is 2.41. The van der Waals surface area contributed by atoms with Crippen molar-refractivity contribution in [2.75, 3.05) is 64.8 Å². The zero-order chi connectivity index (χ0) is 26.8. The molecule has 2 unspecified atom stereocenters. The van der Waals surface area contributed by atoms with Crippen LogP contribution >= 0.6 is 0 Å². The molecule has 5 rings (SSSR count). The number of morpholine rings is 1. The van der Waals surface area contributed by atoms with Gasteiger partial charge in [-0.15, -0.1) is 0 Å². The number of anilines is 1. The number of rotatable bonds is 6. The van der Waals surface area contributed by atoms with Crippen LogP contribution < -0.4 is 10.1 Å². The van der Waals surface area contributed by atoms with Gasteiger partial charge in [0.2, 0.25) is 0 Å². The fraction of sp³-hybridized carbons (Fsp3) is 0.429. The number of hydrogen-bond donors (Lipinski definition) is 1. The number of carbonyl (C=O) groups excluding carboxylic acids is 2. The predicted molar refractivity (Wildman–Crippen MR) is 138 cm³/mol. The summed E-state index contributed by atoms with van der Waals surface area (Å²) < 4.78 is 39.6. The van der Waals surface area contributed by atoms with Gasteiger partial charge in [0.25, 0.3) is 5.91 Å². The van der Waals surface area contributed by atoms with Gasteiger partial charge in [-0.2, -0.15) is 0 Å². The number of piperazine rings is 1. The highest BCUT2D eigenvalue weighted by molar-refractivity contribution is 5.95. The molecule has 2 fully saturated rings. The van der Waals surface area contributed by atoms with E-state index in [0.29, 0.717) is 67.7 Å². The van der Waals surface area contributed by atoms with Crippen LogP contribution in [0.1, 0.15) is 40.4 Å². The largest absolute Gasteiger partial charge is 0.441 e. The minimum atomic E-state index is -0.699. The average molecular weight is 527 g/mol. The van der Waals surface area contributed by atoms with Crippen molar-refractivity contribution in [2.45, 2.75) is 18.9 Å². The Bertz CT molecular complexity index is 1220. The number of nitrogens with zero attached hydrogens (tertiary/aromatic N) is 3. The third-order valence-corrected chi connectivity index (χ3v) is 7.25. The number of carbonyl (C=O) groups is 2. The predicted octanol–water partition coefficient (Wildman–Crippen LogP) is 3.37. The lowest BCUT2D eigenvalue weighted by molar-refractivity contribution is -0.108. The highest BCUT2D eigenvalue weighted by Gasteiger charge is 2.32. The van der Waals surface area contributed by atoms with Crippen LogP contribution in [0.4, 0.5) is 14.5 Å². The Morgan fingerprint density at radius 2 is 1.71 bits per heavy atom. The number of allylic oxidation sites excluding steroid dienone is 1. The van der Waals surface area contributed by atoms with E-state index in [4.69, 9.17) is 9.47 Å². The molecular formula is C28H32F2N4O4. The van der Waals surface area contributed by atoms with Crippen LogP contribution in [0.5, 0.6) is 5.75 Å². The molecule has 10 heteroatoms. The number of amides is 1. The summed E-state index contributed by atoms with van der Waals surface area (Å²) in [5.41, 5.74) is 1.91. The minimum absolute atomic E-state index is 0.126. The highest BCUT2D eigenvalue weighted by atomic mass is 19.1. The van der Waals surface area contributed by atoms with E-state index in [0.717, 1.165) is 25.4 Å². The number of nitrogens with one attached hydrogen (secondary N) is 1. The lowest BCUT2D eigenvalue weighted by Crippen LogP contribution is -2.47. The summed E-state index contributed by atoms with van der Waals surface area (Å²) in [4.78, 5) is 31.8. The Hall–Kier alpha value is -3.50.